The van der Waals surface area contributed by atoms with E-state index < -0.39 is 0 Å². The zero-order valence-corrected chi connectivity index (χ0v) is 9.24. The maximum atomic E-state index is 12.7. The van der Waals surface area contributed by atoms with Crippen LogP contribution in [0.3, 0.4) is 0 Å². The molecule has 1 rings (SSSR count). The van der Waals surface area contributed by atoms with E-state index in [9.17, 15) is 9.18 Å². The second kappa shape index (κ2) is 6.82. The van der Waals surface area contributed by atoms with Crippen molar-refractivity contribution in [2.24, 2.45) is 0 Å². The minimum Gasteiger partial charge on any atom is -0.493 e. The van der Waals surface area contributed by atoms with E-state index in [0.29, 0.717) is 12.4 Å². The molecule has 4 heteroatoms. The Bertz CT molecular complexity index is 339. The summed E-state index contributed by atoms with van der Waals surface area (Å²) in [6.07, 6.45) is 0.979. The van der Waals surface area contributed by atoms with Crippen molar-refractivity contribution in [1.29, 1.82) is 0 Å². The predicted octanol–water partition coefficient (Wildman–Crippen LogP) is 2.55. The van der Waals surface area contributed by atoms with E-state index in [1.54, 1.807) is 12.1 Å². The Kier molecular flexibility index (Phi) is 5.32. The maximum Gasteiger partial charge on any atom is 0.309 e. The molecule has 0 amide bonds. The van der Waals surface area contributed by atoms with Gasteiger partial charge >= 0.3 is 5.97 Å². The molecule has 1 aromatic rings. The fraction of sp³-hybridized carbons (Fsp3) is 0.417. The maximum absolute atomic E-state index is 12.7. The molecule has 0 heterocycles. The smallest absolute Gasteiger partial charge is 0.309 e. The third-order valence-corrected chi connectivity index (χ3v) is 1.84. The molecule has 16 heavy (non-hydrogen) atoms. The highest BCUT2D eigenvalue weighted by Gasteiger charge is 2.02. The summed E-state index contributed by atoms with van der Waals surface area (Å²) in [5.41, 5.74) is 0. The Morgan fingerprint density at radius 3 is 2.88 bits per heavy atom. The van der Waals surface area contributed by atoms with Gasteiger partial charge in [0.15, 0.2) is 0 Å². The number of esters is 1. The molecular formula is C12H15FO3. The zero-order chi connectivity index (χ0) is 11.8. The molecular weight excluding hydrogens is 211 g/mol. The van der Waals surface area contributed by atoms with Gasteiger partial charge in [-0.05, 0) is 18.6 Å². The quantitative estimate of drug-likeness (QED) is 0.699. The first-order valence-corrected chi connectivity index (χ1v) is 5.26. The van der Waals surface area contributed by atoms with Crippen LogP contribution in [0.15, 0.2) is 24.3 Å². The molecule has 0 N–H and O–H groups in total. The Balaban J connectivity index is 2.22. The number of carbonyl (C=O) groups is 1. The minimum atomic E-state index is -0.356. The molecule has 0 radical (unpaired) electrons. The lowest BCUT2D eigenvalue weighted by molar-refractivity contribution is -0.144. The van der Waals surface area contributed by atoms with Gasteiger partial charge in [0.1, 0.15) is 11.6 Å². The summed E-state index contributed by atoms with van der Waals surface area (Å²) >= 11 is 0. The molecule has 0 aliphatic carbocycles. The second-order valence-corrected chi connectivity index (χ2v) is 3.28. The average Bonchev–Trinajstić information content (AvgIpc) is 2.26. The van der Waals surface area contributed by atoms with E-state index in [0.717, 1.165) is 6.42 Å². The van der Waals surface area contributed by atoms with Gasteiger partial charge in [0.25, 0.3) is 0 Å². The number of hydrogen-bond donors (Lipinski definition) is 0. The van der Waals surface area contributed by atoms with Gasteiger partial charge < -0.3 is 9.47 Å². The molecule has 0 aromatic heterocycles. The number of carbonyl (C=O) groups excluding carboxylic acids is 1. The molecule has 0 unspecified atom stereocenters. The van der Waals surface area contributed by atoms with Gasteiger partial charge in [-0.25, -0.2) is 4.39 Å². The monoisotopic (exact) mass is 226 g/mol. The second-order valence-electron chi connectivity index (χ2n) is 3.28. The van der Waals surface area contributed by atoms with Crippen LogP contribution in [0.4, 0.5) is 4.39 Å². The van der Waals surface area contributed by atoms with Crippen LogP contribution in [0.5, 0.6) is 5.75 Å². The van der Waals surface area contributed by atoms with Gasteiger partial charge in [-0.15, -0.1) is 0 Å². The number of hydrogen-bond acceptors (Lipinski definition) is 3. The van der Waals surface area contributed by atoms with Crippen molar-refractivity contribution in [3.8, 4) is 5.75 Å². The van der Waals surface area contributed by atoms with Crippen molar-refractivity contribution in [3.05, 3.63) is 30.1 Å². The highest BCUT2D eigenvalue weighted by Crippen LogP contribution is 2.11. The van der Waals surface area contributed by atoms with E-state index in [4.69, 9.17) is 9.47 Å². The van der Waals surface area contributed by atoms with Crippen molar-refractivity contribution in [2.45, 2.75) is 19.8 Å². The van der Waals surface area contributed by atoms with Crippen LogP contribution < -0.4 is 4.74 Å². The van der Waals surface area contributed by atoms with Gasteiger partial charge in [-0.2, -0.15) is 0 Å². The highest BCUT2D eigenvalue weighted by atomic mass is 19.1. The molecule has 0 saturated carbocycles. The average molecular weight is 226 g/mol. The first kappa shape index (κ1) is 12.5. The molecule has 0 bridgehead atoms. The summed E-state index contributed by atoms with van der Waals surface area (Å²) in [5, 5.41) is 0. The van der Waals surface area contributed by atoms with Gasteiger partial charge in [0, 0.05) is 6.07 Å². The SMILES string of the molecule is CCCOC(=O)CCOc1cccc(F)c1. The first-order chi connectivity index (χ1) is 7.72. The van der Waals surface area contributed by atoms with Crippen LogP contribution in [-0.2, 0) is 9.53 Å². The summed E-state index contributed by atoms with van der Waals surface area (Å²) in [5.74, 6) is -0.229. The van der Waals surface area contributed by atoms with Gasteiger partial charge in [-0.1, -0.05) is 13.0 Å². The van der Waals surface area contributed by atoms with Gasteiger partial charge in [-0.3, -0.25) is 4.79 Å². The molecule has 3 nitrogen and oxygen atoms in total. The Morgan fingerprint density at radius 1 is 1.38 bits per heavy atom. The summed E-state index contributed by atoms with van der Waals surface area (Å²) in [6, 6.07) is 5.81. The molecule has 0 aliphatic heterocycles. The largest absolute Gasteiger partial charge is 0.493 e. The Labute approximate surface area is 94.2 Å². The highest BCUT2D eigenvalue weighted by molar-refractivity contribution is 5.69. The number of rotatable bonds is 6. The number of benzene rings is 1. The Morgan fingerprint density at radius 2 is 2.19 bits per heavy atom. The van der Waals surface area contributed by atoms with Gasteiger partial charge in [0.05, 0.1) is 19.6 Å². The van der Waals surface area contributed by atoms with E-state index in [2.05, 4.69) is 0 Å². The molecule has 0 atom stereocenters. The summed E-state index contributed by atoms with van der Waals surface area (Å²) in [4.78, 5) is 11.1. The summed E-state index contributed by atoms with van der Waals surface area (Å²) in [6.45, 7) is 2.56. The number of ether oxygens (including phenoxy) is 2. The van der Waals surface area contributed by atoms with Crippen molar-refractivity contribution in [2.75, 3.05) is 13.2 Å². The standard InChI is InChI=1S/C12H15FO3/c1-2-7-16-12(14)6-8-15-11-5-3-4-10(13)9-11/h3-5,9H,2,6-8H2,1H3. The lowest BCUT2D eigenvalue weighted by Gasteiger charge is -2.06. The van der Waals surface area contributed by atoms with E-state index in [1.807, 2.05) is 6.92 Å². The molecule has 0 fully saturated rings. The summed E-state index contributed by atoms with van der Waals surface area (Å²) in [7, 11) is 0. The van der Waals surface area contributed by atoms with Crippen molar-refractivity contribution < 1.29 is 18.7 Å². The predicted molar refractivity (Wildman–Crippen MR) is 57.8 cm³/mol. The molecule has 0 saturated heterocycles. The first-order valence-electron chi connectivity index (χ1n) is 5.26. The van der Waals surface area contributed by atoms with E-state index in [1.165, 1.54) is 12.1 Å². The minimum absolute atomic E-state index is 0.177. The van der Waals surface area contributed by atoms with Crippen LogP contribution in [0.25, 0.3) is 0 Å². The topological polar surface area (TPSA) is 35.5 Å². The van der Waals surface area contributed by atoms with Crippen molar-refractivity contribution >= 4 is 5.97 Å². The molecule has 0 spiro atoms. The fourth-order valence-electron chi connectivity index (χ4n) is 1.10. The van der Waals surface area contributed by atoms with Crippen LogP contribution >= 0.6 is 0 Å². The van der Waals surface area contributed by atoms with Crippen molar-refractivity contribution in [3.63, 3.8) is 0 Å². The zero-order valence-electron chi connectivity index (χ0n) is 9.24. The third-order valence-electron chi connectivity index (χ3n) is 1.84. The van der Waals surface area contributed by atoms with Crippen LogP contribution in [-0.4, -0.2) is 19.2 Å². The molecule has 0 aliphatic rings. The molecule has 88 valence electrons. The Hall–Kier alpha value is -1.58. The lowest BCUT2D eigenvalue weighted by atomic mass is 10.3. The third kappa shape index (κ3) is 4.77. The normalized spacial score (nSPS) is 9.88. The summed E-state index contributed by atoms with van der Waals surface area (Å²) < 4.78 is 22.8. The van der Waals surface area contributed by atoms with Crippen LogP contribution in [0.2, 0.25) is 0 Å². The van der Waals surface area contributed by atoms with E-state index >= 15 is 0 Å². The van der Waals surface area contributed by atoms with Crippen LogP contribution in [0, 0.1) is 5.82 Å². The molecule has 1 aromatic carbocycles. The lowest BCUT2D eigenvalue weighted by Crippen LogP contribution is -2.10. The van der Waals surface area contributed by atoms with E-state index in [-0.39, 0.29) is 24.8 Å². The van der Waals surface area contributed by atoms with Crippen LogP contribution in [0.1, 0.15) is 19.8 Å². The number of halogens is 1. The fourth-order valence-corrected chi connectivity index (χ4v) is 1.10. The van der Waals surface area contributed by atoms with Crippen molar-refractivity contribution in [1.82, 2.24) is 0 Å². The van der Waals surface area contributed by atoms with Gasteiger partial charge in [0.2, 0.25) is 0 Å².